The van der Waals surface area contributed by atoms with Gasteiger partial charge in [0.05, 0.1) is 10.4 Å². The lowest BCUT2D eigenvalue weighted by atomic mass is 10.6. The summed E-state index contributed by atoms with van der Waals surface area (Å²) in [6, 6.07) is 0. The molecule has 1 aromatic rings. The standard InChI is InChI=1S/C6H10N2S2/c1-4(2)9-5-3-8-6(7)10-5/h3-4H,1-2H3,(H2,7,8). The summed E-state index contributed by atoms with van der Waals surface area (Å²) in [7, 11) is 0. The van der Waals surface area contributed by atoms with Crippen LogP contribution in [-0.4, -0.2) is 10.2 Å². The van der Waals surface area contributed by atoms with Crippen LogP contribution < -0.4 is 5.73 Å². The SMILES string of the molecule is CC(C)Sc1cnc(N)s1. The van der Waals surface area contributed by atoms with Gasteiger partial charge in [-0.1, -0.05) is 25.2 Å². The molecule has 10 heavy (non-hydrogen) atoms. The minimum absolute atomic E-state index is 0.611. The lowest BCUT2D eigenvalue weighted by molar-refractivity contribution is 1.11. The molecule has 4 heteroatoms. The van der Waals surface area contributed by atoms with Crippen LogP contribution >= 0.6 is 23.1 Å². The summed E-state index contributed by atoms with van der Waals surface area (Å²) in [5.41, 5.74) is 5.45. The van der Waals surface area contributed by atoms with E-state index in [1.165, 1.54) is 4.21 Å². The molecule has 1 heterocycles. The summed E-state index contributed by atoms with van der Waals surface area (Å²) in [5.74, 6) is 0. The van der Waals surface area contributed by atoms with Crippen LogP contribution in [0.15, 0.2) is 10.4 Å². The van der Waals surface area contributed by atoms with Gasteiger partial charge in [-0.3, -0.25) is 0 Å². The van der Waals surface area contributed by atoms with E-state index in [4.69, 9.17) is 5.73 Å². The van der Waals surface area contributed by atoms with E-state index in [1.54, 1.807) is 23.1 Å². The minimum Gasteiger partial charge on any atom is -0.375 e. The Morgan fingerprint density at radius 1 is 1.70 bits per heavy atom. The highest BCUT2D eigenvalue weighted by molar-refractivity contribution is 8.01. The second kappa shape index (κ2) is 3.25. The fourth-order valence-electron chi connectivity index (χ4n) is 0.559. The van der Waals surface area contributed by atoms with E-state index in [0.29, 0.717) is 10.4 Å². The molecule has 0 aliphatic heterocycles. The number of anilines is 1. The minimum atomic E-state index is 0.611. The molecule has 0 atom stereocenters. The smallest absolute Gasteiger partial charge is 0.181 e. The number of hydrogen-bond acceptors (Lipinski definition) is 4. The van der Waals surface area contributed by atoms with E-state index < -0.39 is 0 Å². The maximum atomic E-state index is 5.45. The molecular formula is C6H10N2S2. The monoisotopic (exact) mass is 174 g/mol. The van der Waals surface area contributed by atoms with Crippen LogP contribution in [-0.2, 0) is 0 Å². The Balaban J connectivity index is 2.58. The van der Waals surface area contributed by atoms with Gasteiger partial charge in [0.1, 0.15) is 0 Å². The predicted molar refractivity (Wildman–Crippen MR) is 47.5 cm³/mol. The van der Waals surface area contributed by atoms with Gasteiger partial charge in [-0.05, 0) is 0 Å². The lowest BCUT2D eigenvalue weighted by Crippen LogP contribution is -1.82. The second-order valence-electron chi connectivity index (χ2n) is 2.18. The van der Waals surface area contributed by atoms with Crippen LogP contribution in [0.4, 0.5) is 5.13 Å². The summed E-state index contributed by atoms with van der Waals surface area (Å²) >= 11 is 3.34. The van der Waals surface area contributed by atoms with Crippen molar-refractivity contribution < 1.29 is 0 Å². The molecule has 0 saturated heterocycles. The third-order valence-electron chi connectivity index (χ3n) is 0.854. The Kier molecular flexibility index (Phi) is 2.56. The van der Waals surface area contributed by atoms with Crippen molar-refractivity contribution in [3.05, 3.63) is 6.20 Å². The number of nitrogens with two attached hydrogens (primary N) is 1. The van der Waals surface area contributed by atoms with E-state index in [2.05, 4.69) is 18.8 Å². The molecule has 0 fully saturated rings. The van der Waals surface area contributed by atoms with Crippen molar-refractivity contribution in [1.82, 2.24) is 4.98 Å². The average molecular weight is 174 g/mol. The molecule has 0 saturated carbocycles. The molecule has 0 amide bonds. The lowest BCUT2D eigenvalue weighted by Gasteiger charge is -1.97. The fourth-order valence-corrected chi connectivity index (χ4v) is 2.58. The van der Waals surface area contributed by atoms with Gasteiger partial charge >= 0.3 is 0 Å². The van der Waals surface area contributed by atoms with Crippen LogP contribution in [0.25, 0.3) is 0 Å². The molecule has 1 rings (SSSR count). The average Bonchev–Trinajstić information content (AvgIpc) is 2.13. The van der Waals surface area contributed by atoms with Crippen molar-refractivity contribution in [3.63, 3.8) is 0 Å². The number of nitrogen functional groups attached to an aromatic ring is 1. The van der Waals surface area contributed by atoms with Gasteiger partial charge in [0.25, 0.3) is 0 Å². The number of thiazole rings is 1. The summed E-state index contributed by atoms with van der Waals surface area (Å²) in [6.45, 7) is 4.31. The van der Waals surface area contributed by atoms with Crippen molar-refractivity contribution >= 4 is 28.2 Å². The Hall–Kier alpha value is -0.220. The van der Waals surface area contributed by atoms with Crippen molar-refractivity contribution in [2.24, 2.45) is 0 Å². The van der Waals surface area contributed by atoms with Gasteiger partial charge in [-0.15, -0.1) is 11.8 Å². The van der Waals surface area contributed by atoms with Crippen LogP contribution in [0.2, 0.25) is 0 Å². The van der Waals surface area contributed by atoms with E-state index >= 15 is 0 Å². The number of hydrogen-bond donors (Lipinski definition) is 1. The summed E-state index contributed by atoms with van der Waals surface area (Å²) in [5, 5.41) is 1.27. The molecule has 1 aromatic heterocycles. The van der Waals surface area contributed by atoms with Crippen LogP contribution in [0, 0.1) is 0 Å². The normalized spacial score (nSPS) is 10.7. The van der Waals surface area contributed by atoms with Crippen LogP contribution in [0.1, 0.15) is 13.8 Å². The molecule has 0 aliphatic rings. The largest absolute Gasteiger partial charge is 0.375 e. The number of thioether (sulfide) groups is 1. The van der Waals surface area contributed by atoms with Gasteiger partial charge in [-0.25, -0.2) is 4.98 Å². The van der Waals surface area contributed by atoms with Gasteiger partial charge in [-0.2, -0.15) is 0 Å². The molecular weight excluding hydrogens is 164 g/mol. The highest BCUT2D eigenvalue weighted by atomic mass is 32.2. The molecule has 2 nitrogen and oxygen atoms in total. The van der Waals surface area contributed by atoms with Crippen molar-refractivity contribution in [1.29, 1.82) is 0 Å². The molecule has 2 N–H and O–H groups in total. The van der Waals surface area contributed by atoms with Gasteiger partial charge in [0, 0.05) is 5.25 Å². The van der Waals surface area contributed by atoms with Gasteiger partial charge in [0.15, 0.2) is 5.13 Å². The quantitative estimate of drug-likeness (QED) is 0.699. The van der Waals surface area contributed by atoms with E-state index in [9.17, 15) is 0 Å². The Morgan fingerprint density at radius 2 is 2.40 bits per heavy atom. The predicted octanol–water partition coefficient (Wildman–Crippen LogP) is 2.23. The summed E-state index contributed by atoms with van der Waals surface area (Å²) < 4.78 is 1.20. The van der Waals surface area contributed by atoms with Crippen LogP contribution in [0.5, 0.6) is 0 Å². The zero-order valence-electron chi connectivity index (χ0n) is 6.00. The van der Waals surface area contributed by atoms with Crippen LogP contribution in [0.3, 0.4) is 0 Å². The third kappa shape index (κ3) is 2.19. The number of aromatic nitrogens is 1. The highest BCUT2D eigenvalue weighted by Crippen LogP contribution is 2.29. The first-order valence-electron chi connectivity index (χ1n) is 3.06. The van der Waals surface area contributed by atoms with E-state index in [1.807, 2.05) is 6.20 Å². The molecule has 0 unspecified atom stereocenters. The zero-order chi connectivity index (χ0) is 7.56. The first-order chi connectivity index (χ1) is 4.68. The Morgan fingerprint density at radius 3 is 2.80 bits per heavy atom. The highest BCUT2D eigenvalue weighted by Gasteiger charge is 2.00. The van der Waals surface area contributed by atoms with Gasteiger partial charge < -0.3 is 5.73 Å². The maximum absolute atomic E-state index is 5.45. The van der Waals surface area contributed by atoms with Crippen molar-refractivity contribution in [2.75, 3.05) is 5.73 Å². The number of nitrogens with zero attached hydrogens (tertiary/aromatic N) is 1. The van der Waals surface area contributed by atoms with E-state index in [-0.39, 0.29) is 0 Å². The van der Waals surface area contributed by atoms with Gasteiger partial charge in [0.2, 0.25) is 0 Å². The Labute approximate surface area is 68.8 Å². The second-order valence-corrected chi connectivity index (χ2v) is 5.12. The first-order valence-corrected chi connectivity index (χ1v) is 4.76. The maximum Gasteiger partial charge on any atom is 0.181 e. The summed E-state index contributed by atoms with van der Waals surface area (Å²) in [6.07, 6.45) is 1.82. The Bertz CT molecular complexity index is 207. The first kappa shape index (κ1) is 7.88. The van der Waals surface area contributed by atoms with E-state index in [0.717, 1.165) is 0 Å². The molecule has 0 bridgehead atoms. The van der Waals surface area contributed by atoms with Crippen molar-refractivity contribution in [2.45, 2.75) is 23.3 Å². The molecule has 0 radical (unpaired) electrons. The summed E-state index contributed by atoms with van der Waals surface area (Å²) in [4.78, 5) is 3.95. The van der Waals surface area contributed by atoms with Crippen molar-refractivity contribution in [3.8, 4) is 0 Å². The molecule has 56 valence electrons. The molecule has 0 spiro atoms. The molecule has 0 aromatic carbocycles. The topological polar surface area (TPSA) is 38.9 Å². The zero-order valence-corrected chi connectivity index (χ0v) is 7.63. The molecule has 0 aliphatic carbocycles. The number of rotatable bonds is 2. The third-order valence-corrected chi connectivity index (χ3v) is 2.82. The fraction of sp³-hybridized carbons (Fsp3) is 0.500.